The van der Waals surface area contributed by atoms with Crippen LogP contribution >= 0.6 is 12.4 Å². The number of ether oxygens (including phenoxy) is 1. The van der Waals surface area contributed by atoms with Crippen molar-refractivity contribution < 1.29 is 14.3 Å². The summed E-state index contributed by atoms with van der Waals surface area (Å²) in [7, 11) is 0. The fourth-order valence-corrected chi connectivity index (χ4v) is 2.72. The third kappa shape index (κ3) is 5.80. The number of rotatable bonds is 4. The molecule has 0 spiro atoms. The number of likely N-dealkylation sites (tertiary alicyclic amines) is 1. The molecule has 0 radical (unpaired) electrons. The van der Waals surface area contributed by atoms with Crippen molar-refractivity contribution in [3.63, 3.8) is 0 Å². The topological polar surface area (TPSA) is 70.7 Å². The van der Waals surface area contributed by atoms with Gasteiger partial charge in [0.2, 0.25) is 11.8 Å². The molecule has 0 aromatic rings. The lowest BCUT2D eigenvalue weighted by Gasteiger charge is -2.30. The minimum Gasteiger partial charge on any atom is -0.378 e. The van der Waals surface area contributed by atoms with Crippen LogP contribution in [-0.2, 0) is 14.3 Å². The highest BCUT2D eigenvalue weighted by molar-refractivity contribution is 5.87. The molecule has 0 saturated carbocycles. The lowest BCUT2D eigenvalue weighted by atomic mass is 10.1. The van der Waals surface area contributed by atoms with Gasteiger partial charge in [-0.1, -0.05) is 0 Å². The van der Waals surface area contributed by atoms with E-state index in [4.69, 9.17) is 4.74 Å². The number of nitrogens with one attached hydrogen (secondary N) is 2. The molecular formula is C14H26ClN3O3. The average molecular weight is 320 g/mol. The third-order valence-electron chi connectivity index (χ3n) is 3.85. The van der Waals surface area contributed by atoms with Gasteiger partial charge in [0.1, 0.15) is 6.04 Å². The molecule has 2 aliphatic rings. The zero-order valence-electron chi connectivity index (χ0n) is 12.6. The molecule has 2 amide bonds. The predicted molar refractivity (Wildman–Crippen MR) is 82.5 cm³/mol. The first-order chi connectivity index (χ1) is 9.66. The third-order valence-corrected chi connectivity index (χ3v) is 3.85. The van der Waals surface area contributed by atoms with Crippen LogP contribution in [0.1, 0.15) is 32.6 Å². The highest BCUT2D eigenvalue weighted by Gasteiger charge is 2.24. The number of halogens is 1. The van der Waals surface area contributed by atoms with Gasteiger partial charge in [-0.05, 0) is 26.2 Å². The summed E-state index contributed by atoms with van der Waals surface area (Å²) >= 11 is 0. The molecular weight excluding hydrogens is 294 g/mol. The zero-order valence-corrected chi connectivity index (χ0v) is 13.4. The molecule has 0 aliphatic carbocycles. The summed E-state index contributed by atoms with van der Waals surface area (Å²) in [6, 6.07) is -0.383. The molecule has 7 heteroatoms. The van der Waals surface area contributed by atoms with Crippen molar-refractivity contribution >= 4 is 24.2 Å². The highest BCUT2D eigenvalue weighted by atomic mass is 35.5. The monoisotopic (exact) mass is 319 g/mol. The molecule has 0 aromatic carbocycles. The van der Waals surface area contributed by atoms with Gasteiger partial charge in [0, 0.05) is 32.1 Å². The molecule has 2 heterocycles. The van der Waals surface area contributed by atoms with Gasteiger partial charge in [0.25, 0.3) is 0 Å². The molecule has 6 nitrogen and oxygen atoms in total. The Balaban J connectivity index is 0.00000220. The molecule has 0 bridgehead atoms. The van der Waals surface area contributed by atoms with E-state index >= 15 is 0 Å². The summed E-state index contributed by atoms with van der Waals surface area (Å²) in [5.74, 6) is -0.0586. The van der Waals surface area contributed by atoms with Gasteiger partial charge < -0.3 is 20.3 Å². The molecule has 2 fully saturated rings. The maximum Gasteiger partial charge on any atom is 0.244 e. The van der Waals surface area contributed by atoms with Crippen molar-refractivity contribution in [2.45, 2.75) is 44.7 Å². The summed E-state index contributed by atoms with van der Waals surface area (Å²) in [6.45, 7) is 5.43. The number of piperidine rings is 1. The van der Waals surface area contributed by atoms with Crippen LogP contribution in [0.5, 0.6) is 0 Å². The average Bonchev–Trinajstić information content (AvgIpc) is 2.48. The molecule has 2 atom stereocenters. The first kappa shape index (κ1) is 18.2. The Labute approximate surface area is 132 Å². The summed E-state index contributed by atoms with van der Waals surface area (Å²) in [6.07, 6.45) is 3.68. The molecule has 122 valence electrons. The van der Waals surface area contributed by atoms with Crippen LogP contribution in [-0.4, -0.2) is 61.6 Å². The minimum atomic E-state index is -0.440. The fraction of sp³-hybridized carbons (Fsp3) is 0.857. The Hall–Kier alpha value is -0.850. The highest BCUT2D eigenvalue weighted by Crippen LogP contribution is 2.10. The standard InChI is InChI=1S/C14H25N3O3.ClH/c1-11(14(19)17-6-3-2-4-7-17)16-13(18)9-12-10-20-8-5-15-12;/h11-12,15H,2-10H2,1H3,(H,16,18);1H. The summed E-state index contributed by atoms with van der Waals surface area (Å²) in [4.78, 5) is 26.0. The fourth-order valence-electron chi connectivity index (χ4n) is 2.72. The molecule has 2 saturated heterocycles. The Bertz CT molecular complexity index is 342. The van der Waals surface area contributed by atoms with Crippen LogP contribution in [0.3, 0.4) is 0 Å². The first-order valence-electron chi connectivity index (χ1n) is 7.56. The van der Waals surface area contributed by atoms with E-state index in [0.29, 0.717) is 19.6 Å². The SMILES string of the molecule is CC(NC(=O)CC1COCCN1)C(=O)N1CCCCC1.Cl. The van der Waals surface area contributed by atoms with E-state index < -0.39 is 6.04 Å². The van der Waals surface area contributed by atoms with Crippen molar-refractivity contribution in [2.75, 3.05) is 32.8 Å². The normalized spacial score (nSPS) is 23.9. The lowest BCUT2D eigenvalue weighted by Crippen LogP contribution is -2.50. The first-order valence-corrected chi connectivity index (χ1v) is 7.56. The van der Waals surface area contributed by atoms with Crippen molar-refractivity contribution in [1.82, 2.24) is 15.5 Å². The largest absolute Gasteiger partial charge is 0.378 e. The molecule has 21 heavy (non-hydrogen) atoms. The summed E-state index contributed by atoms with van der Waals surface area (Å²) < 4.78 is 5.31. The van der Waals surface area contributed by atoms with Crippen LogP contribution in [0.15, 0.2) is 0 Å². The quantitative estimate of drug-likeness (QED) is 0.782. The maximum atomic E-state index is 12.2. The molecule has 2 unspecified atom stereocenters. The molecule has 2 aliphatic heterocycles. The Morgan fingerprint density at radius 2 is 2.05 bits per heavy atom. The van der Waals surface area contributed by atoms with Gasteiger partial charge in [-0.3, -0.25) is 9.59 Å². The van der Waals surface area contributed by atoms with Gasteiger partial charge in [-0.25, -0.2) is 0 Å². The number of nitrogens with zero attached hydrogens (tertiary/aromatic N) is 1. The van der Waals surface area contributed by atoms with E-state index in [1.165, 1.54) is 6.42 Å². The van der Waals surface area contributed by atoms with E-state index in [1.54, 1.807) is 6.92 Å². The predicted octanol–water partition coefficient (Wildman–Crippen LogP) is 0.304. The van der Waals surface area contributed by atoms with Gasteiger partial charge >= 0.3 is 0 Å². The smallest absolute Gasteiger partial charge is 0.244 e. The van der Waals surface area contributed by atoms with Gasteiger partial charge in [-0.2, -0.15) is 0 Å². The van der Waals surface area contributed by atoms with Crippen molar-refractivity contribution in [3.8, 4) is 0 Å². The van der Waals surface area contributed by atoms with E-state index in [9.17, 15) is 9.59 Å². The number of morpholine rings is 1. The van der Waals surface area contributed by atoms with Crippen LogP contribution in [0.2, 0.25) is 0 Å². The van der Waals surface area contributed by atoms with Gasteiger partial charge in [0.15, 0.2) is 0 Å². The Morgan fingerprint density at radius 3 is 2.67 bits per heavy atom. The Morgan fingerprint density at radius 1 is 1.33 bits per heavy atom. The molecule has 2 N–H and O–H groups in total. The van der Waals surface area contributed by atoms with E-state index in [0.717, 1.165) is 32.5 Å². The van der Waals surface area contributed by atoms with E-state index in [-0.39, 0.29) is 30.3 Å². The van der Waals surface area contributed by atoms with Crippen LogP contribution in [0.4, 0.5) is 0 Å². The number of carbonyl (C=O) groups is 2. The van der Waals surface area contributed by atoms with Crippen LogP contribution in [0, 0.1) is 0 Å². The number of carbonyl (C=O) groups excluding carboxylic acids is 2. The second-order valence-electron chi connectivity index (χ2n) is 5.61. The zero-order chi connectivity index (χ0) is 14.4. The van der Waals surface area contributed by atoms with Crippen LogP contribution < -0.4 is 10.6 Å². The number of hydrogen-bond donors (Lipinski definition) is 2. The molecule has 2 rings (SSSR count). The van der Waals surface area contributed by atoms with Crippen molar-refractivity contribution in [3.05, 3.63) is 0 Å². The lowest BCUT2D eigenvalue weighted by molar-refractivity contribution is -0.137. The second-order valence-corrected chi connectivity index (χ2v) is 5.61. The van der Waals surface area contributed by atoms with Crippen molar-refractivity contribution in [2.24, 2.45) is 0 Å². The van der Waals surface area contributed by atoms with Gasteiger partial charge in [-0.15, -0.1) is 12.4 Å². The van der Waals surface area contributed by atoms with E-state index in [1.807, 2.05) is 4.90 Å². The maximum absolute atomic E-state index is 12.2. The Kier molecular flexibility index (Phi) is 8.00. The van der Waals surface area contributed by atoms with Crippen LogP contribution in [0.25, 0.3) is 0 Å². The van der Waals surface area contributed by atoms with Gasteiger partial charge in [0.05, 0.1) is 13.2 Å². The van der Waals surface area contributed by atoms with Crippen molar-refractivity contribution in [1.29, 1.82) is 0 Å². The molecule has 0 aromatic heterocycles. The minimum absolute atomic E-state index is 0. The second kappa shape index (κ2) is 9.23. The summed E-state index contributed by atoms with van der Waals surface area (Å²) in [5.41, 5.74) is 0. The summed E-state index contributed by atoms with van der Waals surface area (Å²) in [5, 5.41) is 6.03. The number of hydrogen-bond acceptors (Lipinski definition) is 4. The number of amides is 2. The van der Waals surface area contributed by atoms with E-state index in [2.05, 4.69) is 10.6 Å².